The van der Waals surface area contributed by atoms with E-state index in [-0.39, 0.29) is 12.5 Å². The Morgan fingerprint density at radius 3 is 2.61 bits per heavy atom. The van der Waals surface area contributed by atoms with Gasteiger partial charge >= 0.3 is 0 Å². The Labute approximate surface area is 201 Å². The molecule has 3 rings (SSSR count). The van der Waals surface area contributed by atoms with Crippen molar-refractivity contribution < 1.29 is 14.3 Å². The van der Waals surface area contributed by atoms with Crippen LogP contribution in [0.5, 0.6) is 5.75 Å². The van der Waals surface area contributed by atoms with Gasteiger partial charge in [0.05, 0.1) is 17.6 Å². The molecular formula is C26H34ClN3O3. The fourth-order valence-electron chi connectivity index (χ4n) is 3.96. The van der Waals surface area contributed by atoms with Crippen molar-refractivity contribution in [3.05, 3.63) is 58.4 Å². The number of halogens is 1. The molecule has 0 atom stereocenters. The summed E-state index contributed by atoms with van der Waals surface area (Å²) in [6.45, 7) is 6.28. The summed E-state index contributed by atoms with van der Waals surface area (Å²) in [6, 6.07) is 12.3. The molecule has 0 aliphatic carbocycles. The first-order chi connectivity index (χ1) is 16.0. The number of nitrogens with one attached hydrogen (secondary N) is 1. The molecule has 1 aromatic heterocycles. The smallest absolute Gasteiger partial charge is 0.245 e. The number of unbranched alkanes of at least 4 members (excludes halogenated alkanes) is 2. The molecule has 33 heavy (non-hydrogen) atoms. The normalized spacial score (nSPS) is 11.2. The number of hydrogen-bond donors (Lipinski definition) is 1. The second-order valence-corrected chi connectivity index (χ2v) is 8.71. The molecule has 0 radical (unpaired) electrons. The SMILES string of the molecule is COCC(=O)NCCCCCc1nc2ccccc2n1CCCOc1cc(C)c(Cl)c(C)c1. The van der Waals surface area contributed by atoms with E-state index in [9.17, 15) is 4.79 Å². The molecule has 178 valence electrons. The van der Waals surface area contributed by atoms with Crippen LogP contribution in [0.3, 0.4) is 0 Å². The zero-order valence-corrected chi connectivity index (χ0v) is 20.6. The molecule has 0 bridgehead atoms. The molecule has 1 N–H and O–H groups in total. The monoisotopic (exact) mass is 471 g/mol. The molecule has 2 aromatic carbocycles. The molecule has 0 fully saturated rings. The van der Waals surface area contributed by atoms with E-state index in [1.54, 1.807) is 0 Å². The van der Waals surface area contributed by atoms with Crippen LogP contribution in [0.15, 0.2) is 36.4 Å². The van der Waals surface area contributed by atoms with E-state index >= 15 is 0 Å². The number of amides is 1. The van der Waals surface area contributed by atoms with Crippen LogP contribution in [-0.2, 0) is 22.5 Å². The van der Waals surface area contributed by atoms with Gasteiger partial charge in [0, 0.05) is 31.6 Å². The molecule has 6 nitrogen and oxygen atoms in total. The first-order valence-electron chi connectivity index (χ1n) is 11.6. The van der Waals surface area contributed by atoms with Gasteiger partial charge in [-0.05, 0) is 68.5 Å². The third-order valence-corrected chi connectivity index (χ3v) is 6.21. The molecule has 0 saturated carbocycles. The summed E-state index contributed by atoms with van der Waals surface area (Å²) in [7, 11) is 1.53. The lowest BCUT2D eigenvalue weighted by Gasteiger charge is -2.12. The highest BCUT2D eigenvalue weighted by molar-refractivity contribution is 6.32. The molecule has 7 heteroatoms. The number of aryl methyl sites for hydroxylation is 4. The van der Waals surface area contributed by atoms with Gasteiger partial charge in [-0.2, -0.15) is 0 Å². The zero-order chi connectivity index (χ0) is 23.6. The van der Waals surface area contributed by atoms with Gasteiger partial charge in [-0.3, -0.25) is 4.79 Å². The predicted octanol–water partition coefficient (Wildman–Crippen LogP) is 5.25. The summed E-state index contributed by atoms with van der Waals surface area (Å²) in [5, 5.41) is 3.67. The highest BCUT2D eigenvalue weighted by Gasteiger charge is 2.11. The Hall–Kier alpha value is -2.57. The summed E-state index contributed by atoms with van der Waals surface area (Å²) < 4.78 is 13.1. The first-order valence-corrected chi connectivity index (χ1v) is 12.0. The molecule has 1 amide bonds. The Kier molecular flexibility index (Phi) is 9.58. The van der Waals surface area contributed by atoms with Crippen molar-refractivity contribution in [1.82, 2.24) is 14.9 Å². The van der Waals surface area contributed by atoms with Gasteiger partial charge in [-0.1, -0.05) is 30.2 Å². The summed E-state index contributed by atoms with van der Waals surface area (Å²) in [4.78, 5) is 16.3. The van der Waals surface area contributed by atoms with Crippen molar-refractivity contribution in [2.24, 2.45) is 0 Å². The van der Waals surface area contributed by atoms with E-state index in [1.807, 2.05) is 32.0 Å². The number of nitrogens with zero attached hydrogens (tertiary/aromatic N) is 2. The predicted molar refractivity (Wildman–Crippen MR) is 133 cm³/mol. The van der Waals surface area contributed by atoms with Crippen LogP contribution in [0.4, 0.5) is 0 Å². The van der Waals surface area contributed by atoms with Gasteiger partial charge in [0.2, 0.25) is 5.91 Å². The molecule has 0 unspecified atom stereocenters. The molecule has 0 aliphatic heterocycles. The van der Waals surface area contributed by atoms with E-state index in [4.69, 9.17) is 26.1 Å². The number of carbonyl (C=O) groups is 1. The van der Waals surface area contributed by atoms with Crippen molar-refractivity contribution in [3.8, 4) is 5.75 Å². The van der Waals surface area contributed by atoms with Crippen LogP contribution in [0, 0.1) is 13.8 Å². The summed E-state index contributed by atoms with van der Waals surface area (Å²) in [5.74, 6) is 1.91. The second-order valence-electron chi connectivity index (χ2n) is 8.34. The highest BCUT2D eigenvalue weighted by Crippen LogP contribution is 2.26. The Balaban J connectivity index is 1.51. The number of benzene rings is 2. The van der Waals surface area contributed by atoms with E-state index in [0.29, 0.717) is 13.2 Å². The van der Waals surface area contributed by atoms with Gasteiger partial charge in [-0.15, -0.1) is 0 Å². The van der Waals surface area contributed by atoms with Crippen LogP contribution in [-0.4, -0.2) is 42.3 Å². The third kappa shape index (κ3) is 7.21. The van der Waals surface area contributed by atoms with E-state index in [1.165, 1.54) is 7.11 Å². The Bertz CT molecular complexity index is 1040. The zero-order valence-electron chi connectivity index (χ0n) is 19.8. The number of aromatic nitrogens is 2. The largest absolute Gasteiger partial charge is 0.494 e. The van der Waals surface area contributed by atoms with Crippen LogP contribution in [0.1, 0.15) is 42.6 Å². The van der Waals surface area contributed by atoms with Gasteiger partial charge in [0.1, 0.15) is 18.2 Å². The summed E-state index contributed by atoms with van der Waals surface area (Å²) in [6.07, 6.45) is 4.82. The van der Waals surface area contributed by atoms with E-state index in [2.05, 4.69) is 28.1 Å². The number of ether oxygens (including phenoxy) is 2. The number of para-hydroxylation sites is 2. The van der Waals surface area contributed by atoms with Crippen molar-refractivity contribution in [3.63, 3.8) is 0 Å². The minimum atomic E-state index is -0.0644. The number of hydrogen-bond acceptors (Lipinski definition) is 4. The fraction of sp³-hybridized carbons (Fsp3) is 0.462. The van der Waals surface area contributed by atoms with Gasteiger partial charge < -0.3 is 19.4 Å². The van der Waals surface area contributed by atoms with E-state index < -0.39 is 0 Å². The van der Waals surface area contributed by atoms with Crippen molar-refractivity contribution in [1.29, 1.82) is 0 Å². The van der Waals surface area contributed by atoms with Crippen LogP contribution in [0.25, 0.3) is 11.0 Å². The van der Waals surface area contributed by atoms with Crippen LogP contribution < -0.4 is 10.1 Å². The molecule has 0 aliphatic rings. The number of methoxy groups -OCH3 is 1. The molecule has 3 aromatic rings. The number of rotatable bonds is 13. The van der Waals surface area contributed by atoms with Gasteiger partial charge in [0.25, 0.3) is 0 Å². The van der Waals surface area contributed by atoms with Gasteiger partial charge in [-0.25, -0.2) is 4.98 Å². The van der Waals surface area contributed by atoms with Crippen LogP contribution >= 0.6 is 11.6 Å². The standard InChI is InChI=1S/C26H34ClN3O3/c1-19-16-21(17-20(2)26(19)27)33-15-9-14-30-23-11-7-6-10-22(23)29-24(30)12-5-4-8-13-28-25(31)18-32-3/h6-7,10-11,16-17H,4-5,8-9,12-15,18H2,1-3H3,(H,28,31). The number of fused-ring (bicyclic) bond motifs is 1. The maximum atomic E-state index is 11.4. The maximum Gasteiger partial charge on any atom is 0.245 e. The third-order valence-electron chi connectivity index (χ3n) is 5.61. The lowest BCUT2D eigenvalue weighted by Crippen LogP contribution is -2.27. The average molecular weight is 472 g/mol. The summed E-state index contributed by atoms with van der Waals surface area (Å²) >= 11 is 6.26. The number of imidazole rings is 1. The quantitative estimate of drug-likeness (QED) is 0.346. The van der Waals surface area contributed by atoms with Crippen molar-refractivity contribution in [2.45, 2.75) is 52.5 Å². The average Bonchev–Trinajstić information content (AvgIpc) is 3.15. The molecular weight excluding hydrogens is 438 g/mol. The fourth-order valence-corrected chi connectivity index (χ4v) is 4.07. The minimum Gasteiger partial charge on any atom is -0.494 e. The van der Waals surface area contributed by atoms with Gasteiger partial charge in [0.15, 0.2) is 0 Å². The van der Waals surface area contributed by atoms with Crippen LogP contribution in [0.2, 0.25) is 5.02 Å². The van der Waals surface area contributed by atoms with Crippen molar-refractivity contribution >= 4 is 28.5 Å². The molecule has 0 spiro atoms. The molecule has 1 heterocycles. The first kappa shape index (κ1) is 25.1. The summed E-state index contributed by atoms with van der Waals surface area (Å²) in [5.41, 5.74) is 4.27. The second kappa shape index (κ2) is 12.6. The van der Waals surface area contributed by atoms with Crippen molar-refractivity contribution in [2.75, 3.05) is 26.9 Å². The Morgan fingerprint density at radius 1 is 1.09 bits per heavy atom. The number of carbonyl (C=O) groups excluding carboxylic acids is 1. The lowest BCUT2D eigenvalue weighted by atomic mass is 10.1. The Morgan fingerprint density at radius 2 is 1.85 bits per heavy atom. The topological polar surface area (TPSA) is 65.4 Å². The lowest BCUT2D eigenvalue weighted by molar-refractivity contribution is -0.124. The maximum absolute atomic E-state index is 11.4. The van der Waals surface area contributed by atoms with E-state index in [0.717, 1.165) is 77.4 Å². The molecule has 0 saturated heterocycles. The minimum absolute atomic E-state index is 0.0644. The highest BCUT2D eigenvalue weighted by atomic mass is 35.5.